The van der Waals surface area contributed by atoms with Crippen molar-refractivity contribution in [1.29, 1.82) is 0 Å². The Labute approximate surface area is 143 Å². The quantitative estimate of drug-likeness (QED) is 0.730. The predicted molar refractivity (Wildman–Crippen MR) is 90.0 cm³/mol. The molecule has 1 unspecified atom stereocenters. The second kappa shape index (κ2) is 8.19. The van der Waals surface area contributed by atoms with Crippen molar-refractivity contribution in [2.75, 3.05) is 10.0 Å². The molecule has 5 nitrogen and oxygen atoms in total. The lowest BCUT2D eigenvalue weighted by Gasteiger charge is -2.10. The fourth-order valence-corrected chi connectivity index (χ4v) is 2.58. The van der Waals surface area contributed by atoms with Gasteiger partial charge in [-0.25, -0.2) is 4.39 Å². The molecule has 0 bridgehead atoms. The molecular weight excluding hydrogens is 387 g/mol. The molecule has 1 atom stereocenters. The lowest BCUT2D eigenvalue weighted by molar-refractivity contribution is -0.116. The average molecular weight is 400 g/mol. The molecule has 0 aliphatic rings. The molecule has 23 heavy (non-hydrogen) atoms. The maximum Gasteiger partial charge on any atom is 0.224 e. The first-order chi connectivity index (χ1) is 10.9. The highest BCUT2D eigenvalue weighted by Crippen LogP contribution is 2.17. The van der Waals surface area contributed by atoms with Gasteiger partial charge in [-0.15, -0.1) is 0 Å². The predicted octanol–water partition coefficient (Wildman–Crippen LogP) is 3.37. The summed E-state index contributed by atoms with van der Waals surface area (Å²) >= 11 is 0.790. The number of nitrogens with one attached hydrogen (secondary N) is 2. The van der Waals surface area contributed by atoms with Gasteiger partial charge in [-0.05, 0) is 48.4 Å². The molecule has 0 aromatic heterocycles. The second-order valence-electron chi connectivity index (χ2n) is 4.70. The normalized spacial score (nSPS) is 11.8. The van der Waals surface area contributed by atoms with E-state index in [2.05, 4.69) is 26.0 Å². The molecule has 1 amide bonds. The molecule has 8 heteroatoms. The molecule has 2 rings (SSSR count). The maximum atomic E-state index is 13.7. The van der Waals surface area contributed by atoms with E-state index >= 15 is 0 Å². The Morgan fingerprint density at radius 2 is 1.83 bits per heavy atom. The molecule has 0 heterocycles. The van der Waals surface area contributed by atoms with Crippen molar-refractivity contribution in [3.8, 4) is 0 Å². The van der Waals surface area contributed by atoms with E-state index in [1.807, 2.05) is 0 Å². The Morgan fingerprint density at radius 3 is 2.43 bits per heavy atom. The van der Waals surface area contributed by atoms with Crippen molar-refractivity contribution in [2.45, 2.75) is 12.8 Å². The number of hydrogen-bond donors (Lipinski definition) is 2. The summed E-state index contributed by atoms with van der Waals surface area (Å²) in [5.41, 5.74) is 1.41. The van der Waals surface area contributed by atoms with Crippen LogP contribution in [0.5, 0.6) is 0 Å². The monoisotopic (exact) mass is 399 g/mol. The number of rotatable bonds is 6. The first kappa shape index (κ1) is 17.6. The van der Waals surface area contributed by atoms with Crippen molar-refractivity contribution in [3.63, 3.8) is 0 Å². The Balaban J connectivity index is 1.88. The lowest BCUT2D eigenvalue weighted by atomic mass is 10.1. The fourth-order valence-electron chi connectivity index (χ4n) is 1.91. The zero-order valence-electron chi connectivity index (χ0n) is 11.8. The van der Waals surface area contributed by atoms with Gasteiger partial charge < -0.3 is 14.6 Å². The SMILES string of the molecule is O=C(CCc1ccc(Br)cc1F)Nc1ccc(NS(=O)[O-])cc1. The van der Waals surface area contributed by atoms with Crippen LogP contribution >= 0.6 is 15.9 Å². The van der Waals surface area contributed by atoms with E-state index in [0.717, 1.165) is 0 Å². The fraction of sp³-hybridized carbons (Fsp3) is 0.133. The van der Waals surface area contributed by atoms with Gasteiger partial charge in [0.1, 0.15) is 5.82 Å². The minimum Gasteiger partial charge on any atom is -0.755 e. The summed E-state index contributed by atoms with van der Waals surface area (Å²) in [5, 5.41) is 2.67. The summed E-state index contributed by atoms with van der Waals surface area (Å²) in [5.74, 6) is -0.603. The Bertz CT molecular complexity index is 725. The van der Waals surface area contributed by atoms with Gasteiger partial charge in [0.25, 0.3) is 0 Å². The van der Waals surface area contributed by atoms with E-state index in [0.29, 0.717) is 27.8 Å². The zero-order chi connectivity index (χ0) is 16.8. The smallest absolute Gasteiger partial charge is 0.224 e. The number of carbonyl (C=O) groups excluding carboxylic acids is 1. The minimum atomic E-state index is -2.39. The maximum absolute atomic E-state index is 13.7. The number of aryl methyl sites for hydroxylation is 1. The van der Waals surface area contributed by atoms with E-state index in [1.54, 1.807) is 24.3 Å². The molecular formula is C15H13BrFN2O3S-. The van der Waals surface area contributed by atoms with Crippen molar-refractivity contribution >= 4 is 44.5 Å². The van der Waals surface area contributed by atoms with Crippen LogP contribution < -0.4 is 10.0 Å². The third kappa shape index (κ3) is 5.74. The van der Waals surface area contributed by atoms with Gasteiger partial charge in [-0.3, -0.25) is 9.00 Å². The number of halogens is 2. The van der Waals surface area contributed by atoms with E-state index in [9.17, 15) is 17.9 Å². The van der Waals surface area contributed by atoms with E-state index in [-0.39, 0.29) is 18.1 Å². The van der Waals surface area contributed by atoms with Crippen molar-refractivity contribution < 1.29 is 17.9 Å². The van der Waals surface area contributed by atoms with Gasteiger partial charge in [0, 0.05) is 33.5 Å². The third-order valence-electron chi connectivity index (χ3n) is 3.01. The molecule has 2 aromatic rings. The summed E-state index contributed by atoms with van der Waals surface area (Å²) in [4.78, 5) is 11.9. The van der Waals surface area contributed by atoms with Gasteiger partial charge in [-0.2, -0.15) is 0 Å². The second-order valence-corrected chi connectivity index (χ2v) is 6.29. The molecule has 0 aliphatic carbocycles. The Hall–Kier alpha value is -1.77. The Morgan fingerprint density at radius 1 is 1.17 bits per heavy atom. The van der Waals surface area contributed by atoms with Crippen LogP contribution in [0.25, 0.3) is 0 Å². The van der Waals surface area contributed by atoms with Gasteiger partial charge in [0.05, 0.1) is 0 Å². The largest absolute Gasteiger partial charge is 0.755 e. The summed E-state index contributed by atoms with van der Waals surface area (Å²) in [6.07, 6.45) is 0.433. The van der Waals surface area contributed by atoms with Crippen LogP contribution in [-0.4, -0.2) is 14.7 Å². The average Bonchev–Trinajstić information content (AvgIpc) is 2.48. The highest BCUT2D eigenvalue weighted by atomic mass is 79.9. The zero-order valence-corrected chi connectivity index (χ0v) is 14.2. The van der Waals surface area contributed by atoms with Crippen LogP contribution in [0.15, 0.2) is 46.9 Å². The van der Waals surface area contributed by atoms with Crippen LogP contribution in [0.1, 0.15) is 12.0 Å². The van der Waals surface area contributed by atoms with Gasteiger partial charge >= 0.3 is 0 Å². The third-order valence-corrected chi connectivity index (χ3v) is 3.90. The first-order valence-electron chi connectivity index (χ1n) is 6.64. The van der Waals surface area contributed by atoms with E-state index in [4.69, 9.17) is 0 Å². The number of benzene rings is 2. The van der Waals surface area contributed by atoms with Crippen LogP contribution in [0.3, 0.4) is 0 Å². The molecule has 2 N–H and O–H groups in total. The topological polar surface area (TPSA) is 81.3 Å². The highest BCUT2D eigenvalue weighted by molar-refractivity contribution is 9.10. The first-order valence-corrected chi connectivity index (χ1v) is 8.50. The standard InChI is InChI=1S/C15H14BrFN2O3S/c16-11-3-1-10(14(17)9-11)2-8-15(20)18-12-4-6-13(7-5-12)19-23(21)22/h1,3-7,9,19H,2,8H2,(H,18,20)(H,21,22)/p-1. The minimum absolute atomic E-state index is 0.142. The van der Waals surface area contributed by atoms with Crippen molar-refractivity contribution in [3.05, 3.63) is 58.3 Å². The van der Waals surface area contributed by atoms with Gasteiger partial charge in [0.2, 0.25) is 5.91 Å². The highest BCUT2D eigenvalue weighted by Gasteiger charge is 2.07. The van der Waals surface area contributed by atoms with Gasteiger partial charge in [-0.1, -0.05) is 22.0 Å². The Kier molecular flexibility index (Phi) is 6.26. The van der Waals surface area contributed by atoms with Crippen molar-refractivity contribution in [1.82, 2.24) is 0 Å². The molecule has 0 aliphatic heterocycles. The van der Waals surface area contributed by atoms with E-state index < -0.39 is 11.3 Å². The lowest BCUT2D eigenvalue weighted by Crippen LogP contribution is -2.12. The summed E-state index contributed by atoms with van der Waals surface area (Å²) < 4.78 is 37.5. The molecule has 0 spiro atoms. The summed E-state index contributed by atoms with van der Waals surface area (Å²) in [7, 11) is 0. The number of carbonyl (C=O) groups is 1. The molecule has 2 aromatic carbocycles. The van der Waals surface area contributed by atoms with E-state index in [1.165, 1.54) is 18.2 Å². The molecule has 0 saturated heterocycles. The number of amides is 1. The van der Waals surface area contributed by atoms with Crippen molar-refractivity contribution in [2.24, 2.45) is 0 Å². The molecule has 0 saturated carbocycles. The number of hydrogen-bond acceptors (Lipinski definition) is 3. The van der Waals surface area contributed by atoms with Crippen LogP contribution in [0.2, 0.25) is 0 Å². The molecule has 0 radical (unpaired) electrons. The summed E-state index contributed by atoms with van der Waals surface area (Å²) in [6, 6.07) is 10.9. The van der Waals surface area contributed by atoms with Gasteiger partial charge in [0.15, 0.2) is 0 Å². The molecule has 122 valence electrons. The van der Waals surface area contributed by atoms with Crippen LogP contribution in [0.4, 0.5) is 15.8 Å². The van der Waals surface area contributed by atoms with Crippen LogP contribution in [-0.2, 0) is 22.5 Å². The summed E-state index contributed by atoms with van der Waals surface area (Å²) in [6.45, 7) is 0. The van der Waals surface area contributed by atoms with Crippen LogP contribution in [0, 0.1) is 5.82 Å². The molecule has 0 fully saturated rings. The number of anilines is 2.